The van der Waals surface area contributed by atoms with E-state index in [1.165, 1.54) is 6.42 Å². The summed E-state index contributed by atoms with van der Waals surface area (Å²) in [6, 6.07) is 11.7. The first-order chi connectivity index (χ1) is 13.5. The Morgan fingerprint density at radius 2 is 1.75 bits per heavy atom. The summed E-state index contributed by atoms with van der Waals surface area (Å²) in [4.78, 5) is 2.64. The molecule has 3 atom stereocenters. The summed E-state index contributed by atoms with van der Waals surface area (Å²) < 4.78 is 25.5. The first-order valence-corrected chi connectivity index (χ1v) is 11.2. The molecule has 1 aliphatic heterocycles. The molecule has 148 valence electrons. The number of hydrogen-bond acceptors (Lipinski definition) is 6. The summed E-state index contributed by atoms with van der Waals surface area (Å²) in [5.41, 5.74) is 1.22. The average Bonchev–Trinajstić information content (AvgIpc) is 3.18. The van der Waals surface area contributed by atoms with Gasteiger partial charge in [0.1, 0.15) is 22.3 Å². The van der Waals surface area contributed by atoms with E-state index in [0.29, 0.717) is 27.8 Å². The van der Waals surface area contributed by atoms with Crippen LogP contribution in [0.25, 0.3) is 11.0 Å². The molecule has 0 saturated carbocycles. The smallest absolute Gasteiger partial charge is 0.153 e. The van der Waals surface area contributed by atoms with E-state index < -0.39 is 11.0 Å². The minimum atomic E-state index is -1.28. The van der Waals surface area contributed by atoms with Crippen LogP contribution in [0.2, 0.25) is 0 Å². The molecule has 1 saturated heterocycles. The Morgan fingerprint density at radius 1 is 1.07 bits per heavy atom. The van der Waals surface area contributed by atoms with Gasteiger partial charge in [-0.1, -0.05) is 25.6 Å². The highest BCUT2D eigenvalue weighted by Gasteiger charge is 2.28. The number of fused-ring (bicyclic) bond motifs is 1. The summed E-state index contributed by atoms with van der Waals surface area (Å²) in [5, 5.41) is 8.15. The molecule has 28 heavy (non-hydrogen) atoms. The second kappa shape index (κ2) is 8.23. The van der Waals surface area contributed by atoms with Crippen LogP contribution in [0.5, 0.6) is 5.75 Å². The van der Waals surface area contributed by atoms with Crippen LogP contribution in [0.15, 0.2) is 55.7 Å². The summed E-state index contributed by atoms with van der Waals surface area (Å²) in [7, 11) is 0.370. The topological polar surface area (TPSA) is 68.5 Å². The number of benzene rings is 2. The molecule has 0 N–H and O–H groups in total. The number of hydrogen-bond donors (Lipinski definition) is 0. The van der Waals surface area contributed by atoms with E-state index in [9.17, 15) is 4.21 Å². The van der Waals surface area contributed by atoms with Crippen molar-refractivity contribution in [2.45, 2.75) is 35.0 Å². The van der Waals surface area contributed by atoms with Gasteiger partial charge in [-0.05, 0) is 65.0 Å². The van der Waals surface area contributed by atoms with E-state index in [1.807, 2.05) is 40.7 Å². The van der Waals surface area contributed by atoms with Gasteiger partial charge in [0.05, 0.1) is 12.0 Å². The Kier molecular flexibility index (Phi) is 5.70. The highest BCUT2D eigenvalue weighted by Crippen LogP contribution is 2.36. The molecule has 0 spiro atoms. The van der Waals surface area contributed by atoms with E-state index in [2.05, 4.69) is 24.2 Å². The second-order valence-electron chi connectivity index (χ2n) is 7.34. The number of aromatic nitrogens is 2. The molecule has 3 aromatic rings. The Hall–Kier alpha value is -1.90. The van der Waals surface area contributed by atoms with Crippen LogP contribution in [-0.2, 0) is 11.0 Å². The molecule has 0 amide bonds. The van der Waals surface area contributed by atoms with Gasteiger partial charge in [-0.3, -0.25) is 0 Å². The summed E-state index contributed by atoms with van der Waals surface area (Å²) in [6.45, 7) is 6.07. The van der Waals surface area contributed by atoms with Crippen LogP contribution in [-0.4, -0.2) is 39.0 Å². The number of methoxy groups -OCH3 is 1. The molecule has 2 heterocycles. The Morgan fingerprint density at radius 3 is 2.43 bits per heavy atom. The van der Waals surface area contributed by atoms with Crippen LogP contribution < -0.4 is 4.74 Å². The predicted molar refractivity (Wildman–Crippen MR) is 110 cm³/mol. The third-order valence-electron chi connectivity index (χ3n) is 4.89. The molecule has 0 bridgehead atoms. The Labute approximate surface area is 171 Å². The van der Waals surface area contributed by atoms with E-state index in [4.69, 9.17) is 9.37 Å². The molecule has 0 radical (unpaired) electrons. The SMILES string of the molecule is COc1ccc(Sc2ccc(S(=O)N3CC(C)CC(C)C3)c3nonc23)cc1. The van der Waals surface area contributed by atoms with Crippen molar-refractivity contribution < 1.29 is 13.6 Å². The molecule has 0 aliphatic carbocycles. The Balaban J connectivity index is 1.62. The van der Waals surface area contributed by atoms with Crippen LogP contribution in [0.1, 0.15) is 20.3 Å². The molecule has 2 aromatic carbocycles. The zero-order valence-electron chi connectivity index (χ0n) is 16.1. The lowest BCUT2D eigenvalue weighted by atomic mass is 9.94. The summed E-state index contributed by atoms with van der Waals surface area (Å²) >= 11 is 1.57. The number of nitrogens with zero attached hydrogens (tertiary/aromatic N) is 3. The van der Waals surface area contributed by atoms with Gasteiger partial charge in [0.15, 0.2) is 5.52 Å². The normalized spacial score (nSPS) is 21.7. The van der Waals surface area contributed by atoms with Crippen molar-refractivity contribution in [1.82, 2.24) is 14.6 Å². The minimum Gasteiger partial charge on any atom is -0.497 e. The third-order valence-corrected chi connectivity index (χ3v) is 7.42. The quantitative estimate of drug-likeness (QED) is 0.614. The zero-order chi connectivity index (χ0) is 19.7. The van der Waals surface area contributed by atoms with Crippen LogP contribution in [0.4, 0.5) is 0 Å². The standard InChI is InChI=1S/C20H23N3O3S2/c1-13-10-14(2)12-23(11-13)28(24)18-9-8-17(19-20(18)22-26-21-19)27-16-6-4-15(25-3)5-7-16/h4-9,13-14H,10-12H2,1-3H3. The zero-order valence-corrected chi connectivity index (χ0v) is 17.8. The van der Waals surface area contributed by atoms with Gasteiger partial charge in [0, 0.05) is 22.9 Å². The lowest BCUT2D eigenvalue weighted by Crippen LogP contribution is -2.39. The minimum absolute atomic E-state index is 0.531. The van der Waals surface area contributed by atoms with Crippen molar-refractivity contribution in [2.24, 2.45) is 11.8 Å². The number of rotatable bonds is 5. The Bertz CT molecular complexity index is 980. The third kappa shape index (κ3) is 3.94. The fraction of sp³-hybridized carbons (Fsp3) is 0.400. The van der Waals surface area contributed by atoms with Gasteiger partial charge in [-0.25, -0.2) is 13.1 Å². The van der Waals surface area contributed by atoms with Gasteiger partial charge in [-0.2, -0.15) is 0 Å². The summed E-state index contributed by atoms with van der Waals surface area (Å²) in [6.07, 6.45) is 1.17. The van der Waals surface area contributed by atoms with Crippen LogP contribution in [0, 0.1) is 11.8 Å². The monoisotopic (exact) mass is 417 g/mol. The van der Waals surface area contributed by atoms with E-state index in [-0.39, 0.29) is 0 Å². The molecule has 1 fully saturated rings. The largest absolute Gasteiger partial charge is 0.497 e. The van der Waals surface area contributed by atoms with E-state index in [0.717, 1.165) is 28.6 Å². The van der Waals surface area contributed by atoms with Crippen molar-refractivity contribution in [3.63, 3.8) is 0 Å². The first-order valence-electron chi connectivity index (χ1n) is 9.29. The second-order valence-corrected chi connectivity index (χ2v) is 9.91. The van der Waals surface area contributed by atoms with Gasteiger partial charge < -0.3 is 4.74 Å². The highest BCUT2D eigenvalue weighted by atomic mass is 32.2. The molecule has 6 nitrogen and oxygen atoms in total. The highest BCUT2D eigenvalue weighted by molar-refractivity contribution is 7.99. The maximum atomic E-state index is 13.2. The van der Waals surface area contributed by atoms with Crippen LogP contribution >= 0.6 is 11.8 Å². The van der Waals surface area contributed by atoms with Crippen molar-refractivity contribution in [3.8, 4) is 5.75 Å². The predicted octanol–water partition coefficient (Wildman–Crippen LogP) is 4.38. The fourth-order valence-corrected chi connectivity index (χ4v) is 6.13. The van der Waals surface area contributed by atoms with Gasteiger partial charge in [0.25, 0.3) is 0 Å². The maximum absolute atomic E-state index is 13.2. The molecular weight excluding hydrogens is 394 g/mol. The molecular formula is C20H23N3O3S2. The number of piperidine rings is 1. The molecule has 1 aromatic heterocycles. The van der Waals surface area contributed by atoms with Crippen LogP contribution in [0.3, 0.4) is 0 Å². The van der Waals surface area contributed by atoms with Crippen molar-refractivity contribution in [1.29, 1.82) is 0 Å². The van der Waals surface area contributed by atoms with Gasteiger partial charge >= 0.3 is 0 Å². The van der Waals surface area contributed by atoms with E-state index in [1.54, 1.807) is 18.9 Å². The lowest BCUT2D eigenvalue weighted by molar-refractivity contribution is 0.230. The first kappa shape index (κ1) is 19.4. The maximum Gasteiger partial charge on any atom is 0.153 e. The van der Waals surface area contributed by atoms with Crippen molar-refractivity contribution >= 4 is 33.8 Å². The number of ether oxygens (including phenoxy) is 1. The van der Waals surface area contributed by atoms with Gasteiger partial charge in [-0.15, -0.1) is 0 Å². The molecule has 1 aliphatic rings. The lowest BCUT2D eigenvalue weighted by Gasteiger charge is -2.33. The fourth-order valence-electron chi connectivity index (χ4n) is 3.70. The van der Waals surface area contributed by atoms with Crippen molar-refractivity contribution in [3.05, 3.63) is 36.4 Å². The molecule has 3 unspecified atom stereocenters. The van der Waals surface area contributed by atoms with Crippen molar-refractivity contribution in [2.75, 3.05) is 20.2 Å². The van der Waals surface area contributed by atoms with E-state index >= 15 is 0 Å². The summed E-state index contributed by atoms with van der Waals surface area (Å²) in [5.74, 6) is 1.88. The molecule has 8 heteroatoms. The average molecular weight is 418 g/mol. The molecule has 4 rings (SSSR count). The van der Waals surface area contributed by atoms with Gasteiger partial charge in [0.2, 0.25) is 0 Å².